The molecule has 0 aromatic heterocycles. The van der Waals surface area contributed by atoms with Gasteiger partial charge in [-0.15, -0.1) is 0 Å². The van der Waals surface area contributed by atoms with E-state index in [1.54, 1.807) is 30.9 Å². The zero-order valence-corrected chi connectivity index (χ0v) is 13.3. The Morgan fingerprint density at radius 2 is 1.83 bits per heavy atom. The minimum Gasteiger partial charge on any atom is -0.497 e. The van der Waals surface area contributed by atoms with E-state index in [1.807, 2.05) is 36.4 Å². The largest absolute Gasteiger partial charge is 0.497 e. The molecule has 2 aromatic rings. The molecule has 1 heterocycles. The van der Waals surface area contributed by atoms with E-state index in [2.05, 4.69) is 6.07 Å². The van der Waals surface area contributed by atoms with Gasteiger partial charge < -0.3 is 9.84 Å². The highest BCUT2D eigenvalue weighted by Gasteiger charge is 2.33. The first-order chi connectivity index (χ1) is 11.5. The first kappa shape index (κ1) is 15.5. The number of nitrogens with zero attached hydrogens (tertiary/aromatic N) is 2. The van der Waals surface area contributed by atoms with Gasteiger partial charge in [0.15, 0.2) is 0 Å². The molecule has 118 valence electrons. The third-order valence-corrected chi connectivity index (χ3v) is 4.05. The van der Waals surface area contributed by atoms with Crippen molar-refractivity contribution >= 4 is 17.4 Å². The van der Waals surface area contributed by atoms with Crippen LogP contribution in [-0.2, 0) is 4.79 Å². The van der Waals surface area contributed by atoms with Gasteiger partial charge in [-0.3, -0.25) is 0 Å². The van der Waals surface area contributed by atoms with Crippen LogP contribution in [0.2, 0.25) is 0 Å². The Kier molecular flexibility index (Phi) is 3.88. The molecule has 1 aliphatic heterocycles. The number of nitriles is 1. The summed E-state index contributed by atoms with van der Waals surface area (Å²) in [6.07, 6.45) is 1.60. The zero-order valence-electron chi connectivity index (χ0n) is 13.3. The molecule has 0 radical (unpaired) electrons. The smallest absolute Gasteiger partial charge is 0.401 e. The van der Waals surface area contributed by atoms with Crippen LogP contribution >= 0.6 is 0 Å². The van der Waals surface area contributed by atoms with Crippen LogP contribution in [0.4, 0.5) is 0 Å². The Morgan fingerprint density at radius 1 is 1.17 bits per heavy atom. The normalized spacial score (nSPS) is 13.0. The minimum atomic E-state index is -0.961. The van der Waals surface area contributed by atoms with Crippen molar-refractivity contribution in [2.75, 3.05) is 14.2 Å². The molecule has 0 saturated carbocycles. The molecule has 0 unspecified atom stereocenters. The molecule has 2 aromatic carbocycles. The fourth-order valence-corrected chi connectivity index (χ4v) is 2.69. The van der Waals surface area contributed by atoms with Crippen molar-refractivity contribution in [1.82, 2.24) is 0 Å². The Hall–Kier alpha value is -3.39. The van der Waals surface area contributed by atoms with E-state index >= 15 is 0 Å². The van der Waals surface area contributed by atoms with Crippen molar-refractivity contribution in [3.05, 3.63) is 59.7 Å². The summed E-state index contributed by atoms with van der Waals surface area (Å²) in [5.41, 5.74) is 4.13. The fraction of sp³-hybridized carbons (Fsp3) is 0.105. The molecular weight excluding hydrogens is 304 g/mol. The quantitative estimate of drug-likeness (QED) is 0.880. The lowest BCUT2D eigenvalue weighted by Gasteiger charge is -2.13. The van der Waals surface area contributed by atoms with Crippen molar-refractivity contribution in [1.29, 1.82) is 5.26 Å². The molecule has 24 heavy (non-hydrogen) atoms. The third-order valence-electron chi connectivity index (χ3n) is 4.05. The van der Waals surface area contributed by atoms with Gasteiger partial charge in [0.1, 0.15) is 12.8 Å². The highest BCUT2D eigenvalue weighted by Crippen LogP contribution is 2.30. The van der Waals surface area contributed by atoms with Crippen LogP contribution in [0.5, 0.6) is 5.75 Å². The van der Waals surface area contributed by atoms with Gasteiger partial charge >= 0.3 is 5.97 Å². The van der Waals surface area contributed by atoms with Crippen LogP contribution in [0.25, 0.3) is 16.8 Å². The van der Waals surface area contributed by atoms with Crippen LogP contribution in [0, 0.1) is 11.3 Å². The lowest BCUT2D eigenvalue weighted by molar-refractivity contribution is -0.404. The number of rotatable bonds is 4. The molecular formula is C19H15N2O3+. The predicted octanol–water partition coefficient (Wildman–Crippen LogP) is 2.76. The second kappa shape index (κ2) is 6.01. The molecule has 5 nitrogen and oxygen atoms in total. The SMILES string of the molecule is COc1ccc(-c2ccc(C3=CC(C(=O)O)=[N+]3C)cc2C#N)cc1. The van der Waals surface area contributed by atoms with E-state index in [-0.39, 0.29) is 5.71 Å². The maximum Gasteiger partial charge on any atom is 0.401 e. The number of methoxy groups -OCH3 is 1. The first-order valence-electron chi connectivity index (χ1n) is 7.29. The highest BCUT2D eigenvalue weighted by molar-refractivity contribution is 6.41. The number of carbonyl (C=O) groups is 1. The van der Waals surface area contributed by atoms with E-state index in [0.717, 1.165) is 28.1 Å². The Morgan fingerprint density at radius 3 is 2.38 bits per heavy atom. The Balaban J connectivity index is 1.97. The number of carboxylic acid groups (broad SMARTS) is 1. The molecule has 0 fully saturated rings. The van der Waals surface area contributed by atoms with E-state index in [4.69, 9.17) is 9.84 Å². The molecule has 0 amide bonds. The summed E-state index contributed by atoms with van der Waals surface area (Å²) in [6, 6.07) is 15.3. The van der Waals surface area contributed by atoms with E-state index in [0.29, 0.717) is 5.56 Å². The lowest BCUT2D eigenvalue weighted by atomic mass is 9.95. The van der Waals surface area contributed by atoms with Crippen LogP contribution in [0.15, 0.2) is 48.5 Å². The molecule has 0 atom stereocenters. The summed E-state index contributed by atoms with van der Waals surface area (Å²) in [7, 11) is 3.30. The molecule has 3 rings (SSSR count). The van der Waals surface area contributed by atoms with Gasteiger partial charge in [0.05, 0.1) is 24.8 Å². The summed E-state index contributed by atoms with van der Waals surface area (Å²) < 4.78 is 6.75. The molecule has 0 bridgehead atoms. The highest BCUT2D eigenvalue weighted by atomic mass is 16.5. The monoisotopic (exact) mass is 319 g/mol. The predicted molar refractivity (Wildman–Crippen MR) is 89.9 cm³/mol. The molecule has 0 spiro atoms. The Bertz CT molecular complexity index is 932. The van der Waals surface area contributed by atoms with Gasteiger partial charge in [-0.25, -0.2) is 4.79 Å². The van der Waals surface area contributed by atoms with Gasteiger partial charge in [0.25, 0.3) is 5.71 Å². The van der Waals surface area contributed by atoms with Crippen molar-refractivity contribution in [3.63, 3.8) is 0 Å². The zero-order chi connectivity index (χ0) is 17.3. The second-order valence-electron chi connectivity index (χ2n) is 5.38. The topological polar surface area (TPSA) is 73.3 Å². The maximum absolute atomic E-state index is 11.0. The summed E-state index contributed by atoms with van der Waals surface area (Å²) >= 11 is 0. The van der Waals surface area contributed by atoms with Crippen molar-refractivity contribution in [2.45, 2.75) is 0 Å². The van der Waals surface area contributed by atoms with Gasteiger partial charge in [0.2, 0.25) is 5.70 Å². The van der Waals surface area contributed by atoms with Gasteiger partial charge in [-0.2, -0.15) is 9.84 Å². The number of hydrogen-bond donors (Lipinski definition) is 1. The molecule has 1 N–H and O–H groups in total. The molecule has 0 saturated heterocycles. The summed E-state index contributed by atoms with van der Waals surface area (Å²) in [4.78, 5) is 11.0. The Labute approximate surface area is 139 Å². The van der Waals surface area contributed by atoms with Crippen molar-refractivity contribution in [3.8, 4) is 22.9 Å². The molecule has 0 aliphatic carbocycles. The molecule has 1 aliphatic rings. The van der Waals surface area contributed by atoms with Crippen LogP contribution < -0.4 is 4.74 Å². The van der Waals surface area contributed by atoms with E-state index < -0.39 is 5.97 Å². The van der Waals surface area contributed by atoms with Gasteiger partial charge in [-0.1, -0.05) is 18.2 Å². The van der Waals surface area contributed by atoms with Crippen LogP contribution in [0.1, 0.15) is 11.1 Å². The van der Waals surface area contributed by atoms with Crippen molar-refractivity contribution in [2.24, 2.45) is 0 Å². The minimum absolute atomic E-state index is 0.239. The fourth-order valence-electron chi connectivity index (χ4n) is 2.69. The van der Waals surface area contributed by atoms with E-state index in [9.17, 15) is 10.1 Å². The maximum atomic E-state index is 11.0. The first-order valence-corrected chi connectivity index (χ1v) is 7.29. The van der Waals surface area contributed by atoms with Gasteiger partial charge in [0, 0.05) is 5.56 Å². The average Bonchev–Trinajstić information content (AvgIpc) is 2.60. The number of aliphatic carboxylic acids is 1. The van der Waals surface area contributed by atoms with Crippen LogP contribution in [0.3, 0.4) is 0 Å². The van der Waals surface area contributed by atoms with Gasteiger partial charge in [-0.05, 0) is 35.4 Å². The summed E-state index contributed by atoms with van der Waals surface area (Å²) in [5.74, 6) is -0.205. The van der Waals surface area contributed by atoms with Crippen LogP contribution in [-0.4, -0.2) is 35.5 Å². The summed E-state index contributed by atoms with van der Waals surface area (Å²) in [6.45, 7) is 0. The second-order valence-corrected chi connectivity index (χ2v) is 5.38. The number of carboxylic acids is 1. The average molecular weight is 319 g/mol. The molecule has 5 heteroatoms. The lowest BCUT2D eigenvalue weighted by Crippen LogP contribution is -2.30. The van der Waals surface area contributed by atoms with E-state index in [1.165, 1.54) is 0 Å². The number of benzene rings is 2. The number of ether oxygens (including phenoxy) is 1. The summed E-state index contributed by atoms with van der Waals surface area (Å²) in [5, 5.41) is 18.5. The third kappa shape index (κ3) is 2.55. The number of hydrogen-bond acceptors (Lipinski definition) is 3. The standard InChI is InChI=1S/C19H14N2O3/c1-21-17(10-18(21)19(22)23)13-5-8-16(14(9-13)11-20)12-3-6-15(24-2)7-4-12/h3-10H,1-2H3/p+1. The van der Waals surface area contributed by atoms with Crippen molar-refractivity contribution < 1.29 is 19.2 Å².